The van der Waals surface area contributed by atoms with Crippen molar-refractivity contribution in [2.45, 2.75) is 12.4 Å². The summed E-state index contributed by atoms with van der Waals surface area (Å²) in [6, 6.07) is 0. The van der Waals surface area contributed by atoms with Gasteiger partial charge in [-0.3, -0.25) is 0 Å². The topological polar surface area (TPSA) is 56.1 Å². The van der Waals surface area contributed by atoms with Gasteiger partial charge in [-0.25, -0.2) is 9.97 Å². The molecule has 0 unspecified atom stereocenters. The van der Waals surface area contributed by atoms with E-state index < -0.39 is 0 Å². The van der Waals surface area contributed by atoms with Crippen LogP contribution in [0.5, 0.6) is 5.88 Å². The van der Waals surface area contributed by atoms with Crippen LogP contribution < -0.4 is 4.74 Å². The lowest BCUT2D eigenvalue weighted by Gasteiger charge is -2.11. The van der Waals surface area contributed by atoms with Crippen LogP contribution in [0.25, 0.3) is 11.2 Å². The Labute approximate surface area is 111 Å². The fraction of sp³-hybridized carbons (Fsp3) is 0.545. The van der Waals surface area contributed by atoms with Gasteiger partial charge in [0.1, 0.15) is 12.2 Å². The second-order valence-electron chi connectivity index (χ2n) is 4.17. The molecule has 0 aromatic carbocycles. The maximum absolute atomic E-state index is 5.93. The molecule has 2 heterocycles. The molecule has 0 fully saturated rings. The number of halogens is 1. The van der Waals surface area contributed by atoms with Crippen LogP contribution in [-0.2, 0) is 12.4 Å². The first kappa shape index (κ1) is 13.0. The molecular formula is C11H16ClN5O. The molecular weight excluding hydrogens is 254 g/mol. The largest absolute Gasteiger partial charge is 0.479 e. The minimum atomic E-state index is 0.340. The zero-order valence-electron chi connectivity index (χ0n) is 10.7. The number of aromatic nitrogens is 4. The van der Waals surface area contributed by atoms with Crippen LogP contribution in [0.15, 0.2) is 6.33 Å². The maximum atomic E-state index is 5.93. The van der Waals surface area contributed by atoms with Gasteiger partial charge in [-0.1, -0.05) is 0 Å². The Bertz CT molecular complexity index is 539. The maximum Gasteiger partial charge on any atom is 0.245 e. The summed E-state index contributed by atoms with van der Waals surface area (Å²) in [6.45, 7) is 1.67. The number of hydrogen-bond donors (Lipinski definition) is 0. The van der Waals surface area contributed by atoms with Gasteiger partial charge in [0, 0.05) is 13.1 Å². The van der Waals surface area contributed by atoms with Crippen molar-refractivity contribution < 1.29 is 4.74 Å². The number of rotatable bonds is 5. The lowest BCUT2D eigenvalue weighted by atomic mass is 10.5. The summed E-state index contributed by atoms with van der Waals surface area (Å²) in [5.41, 5.74) is 1.42. The normalized spacial score (nSPS) is 11.4. The number of imidazole rings is 1. The van der Waals surface area contributed by atoms with Crippen LogP contribution in [0.2, 0.25) is 0 Å². The lowest BCUT2D eigenvalue weighted by molar-refractivity contribution is 0.383. The quantitative estimate of drug-likeness (QED) is 0.762. The number of hydrogen-bond acceptors (Lipinski definition) is 5. The summed E-state index contributed by atoms with van der Waals surface area (Å²) in [4.78, 5) is 14.9. The van der Waals surface area contributed by atoms with Crippen molar-refractivity contribution in [3.8, 4) is 5.88 Å². The lowest BCUT2D eigenvalue weighted by Crippen LogP contribution is -2.19. The molecule has 0 radical (unpaired) electrons. The first-order valence-electron chi connectivity index (χ1n) is 5.62. The third-order valence-electron chi connectivity index (χ3n) is 2.66. The molecule has 0 saturated carbocycles. The van der Waals surface area contributed by atoms with Crippen molar-refractivity contribution in [3.05, 3.63) is 12.2 Å². The first-order valence-corrected chi connectivity index (χ1v) is 6.15. The molecule has 0 aliphatic carbocycles. The molecule has 2 aromatic rings. The average Bonchev–Trinajstić information content (AvgIpc) is 2.73. The van der Waals surface area contributed by atoms with Gasteiger partial charge in [-0.05, 0) is 14.1 Å². The number of ether oxygens (including phenoxy) is 1. The molecule has 6 nitrogen and oxygen atoms in total. The summed E-state index contributed by atoms with van der Waals surface area (Å²) < 4.78 is 7.19. The van der Waals surface area contributed by atoms with E-state index in [0.29, 0.717) is 17.3 Å². The molecule has 0 aliphatic rings. The Morgan fingerprint density at radius 3 is 2.78 bits per heavy atom. The monoisotopic (exact) mass is 269 g/mol. The molecule has 0 aliphatic heterocycles. The average molecular weight is 270 g/mol. The molecule has 2 rings (SSSR count). The smallest absolute Gasteiger partial charge is 0.245 e. The summed E-state index contributed by atoms with van der Waals surface area (Å²) in [5.74, 6) is 1.61. The first-order chi connectivity index (χ1) is 8.67. The van der Waals surface area contributed by atoms with Crippen LogP contribution >= 0.6 is 11.6 Å². The van der Waals surface area contributed by atoms with Crippen molar-refractivity contribution in [1.29, 1.82) is 0 Å². The van der Waals surface area contributed by atoms with Crippen molar-refractivity contribution in [3.63, 3.8) is 0 Å². The molecule has 0 spiro atoms. The standard InChI is InChI=1S/C11H16ClN5O/c1-16(2)4-5-17-8(6-12)15-9-10(17)13-7-14-11(9)18-3/h7H,4-6H2,1-3H3. The van der Waals surface area contributed by atoms with Crippen LogP contribution in [0.3, 0.4) is 0 Å². The van der Waals surface area contributed by atoms with E-state index in [0.717, 1.165) is 24.6 Å². The summed E-state index contributed by atoms with van der Waals surface area (Å²) >= 11 is 5.93. The number of fused-ring (bicyclic) bond motifs is 1. The minimum absolute atomic E-state index is 0.340. The van der Waals surface area contributed by atoms with Gasteiger partial charge in [0.15, 0.2) is 11.2 Å². The second-order valence-corrected chi connectivity index (χ2v) is 4.44. The number of likely N-dealkylation sites (N-methyl/N-ethyl adjacent to an activating group) is 1. The number of alkyl halides is 1. The summed E-state index contributed by atoms with van der Waals surface area (Å²) in [7, 11) is 5.62. The zero-order chi connectivity index (χ0) is 13.1. The third kappa shape index (κ3) is 2.39. The predicted molar refractivity (Wildman–Crippen MR) is 70.0 cm³/mol. The van der Waals surface area contributed by atoms with E-state index in [-0.39, 0.29) is 0 Å². The van der Waals surface area contributed by atoms with Gasteiger partial charge in [0.05, 0.1) is 13.0 Å². The Balaban J connectivity index is 2.49. The van der Waals surface area contributed by atoms with E-state index in [4.69, 9.17) is 16.3 Å². The molecule has 0 saturated heterocycles. The Morgan fingerprint density at radius 1 is 1.39 bits per heavy atom. The van der Waals surface area contributed by atoms with E-state index in [9.17, 15) is 0 Å². The van der Waals surface area contributed by atoms with Gasteiger partial charge in [-0.15, -0.1) is 11.6 Å². The van der Waals surface area contributed by atoms with E-state index in [1.807, 2.05) is 18.7 Å². The summed E-state index contributed by atoms with van der Waals surface area (Å²) in [6.07, 6.45) is 1.48. The van der Waals surface area contributed by atoms with Crippen LogP contribution in [-0.4, -0.2) is 52.2 Å². The van der Waals surface area contributed by atoms with Gasteiger partial charge in [0.25, 0.3) is 0 Å². The van der Waals surface area contributed by atoms with Crippen LogP contribution in [0.1, 0.15) is 5.82 Å². The van der Waals surface area contributed by atoms with Gasteiger partial charge < -0.3 is 14.2 Å². The van der Waals surface area contributed by atoms with Gasteiger partial charge >= 0.3 is 0 Å². The number of nitrogens with zero attached hydrogens (tertiary/aromatic N) is 5. The molecule has 7 heteroatoms. The molecule has 0 N–H and O–H groups in total. The molecule has 0 amide bonds. The highest BCUT2D eigenvalue weighted by Crippen LogP contribution is 2.22. The highest BCUT2D eigenvalue weighted by molar-refractivity contribution is 6.16. The van der Waals surface area contributed by atoms with Crippen molar-refractivity contribution in [1.82, 2.24) is 24.4 Å². The Kier molecular flexibility index (Phi) is 3.98. The number of methoxy groups -OCH3 is 1. The minimum Gasteiger partial charge on any atom is -0.479 e. The van der Waals surface area contributed by atoms with Crippen LogP contribution in [0.4, 0.5) is 0 Å². The highest BCUT2D eigenvalue weighted by atomic mass is 35.5. The molecule has 18 heavy (non-hydrogen) atoms. The van der Waals surface area contributed by atoms with E-state index in [1.165, 1.54) is 6.33 Å². The Morgan fingerprint density at radius 2 is 2.17 bits per heavy atom. The SMILES string of the molecule is COc1ncnc2c1nc(CCl)n2CCN(C)C. The van der Waals surface area contributed by atoms with Crippen molar-refractivity contribution in [2.75, 3.05) is 27.7 Å². The molecule has 2 aromatic heterocycles. The van der Waals surface area contributed by atoms with Crippen molar-refractivity contribution in [2.24, 2.45) is 0 Å². The predicted octanol–water partition coefficient (Wildman–Crippen LogP) is 1.14. The van der Waals surface area contributed by atoms with Gasteiger partial charge in [-0.2, -0.15) is 4.98 Å². The van der Waals surface area contributed by atoms with Crippen LogP contribution in [0, 0.1) is 0 Å². The molecule has 0 atom stereocenters. The second kappa shape index (κ2) is 5.49. The van der Waals surface area contributed by atoms with Gasteiger partial charge in [0.2, 0.25) is 5.88 Å². The van der Waals surface area contributed by atoms with E-state index in [1.54, 1.807) is 7.11 Å². The zero-order valence-corrected chi connectivity index (χ0v) is 11.5. The van der Waals surface area contributed by atoms with E-state index >= 15 is 0 Å². The highest BCUT2D eigenvalue weighted by Gasteiger charge is 2.15. The summed E-state index contributed by atoms with van der Waals surface area (Å²) in [5, 5.41) is 0. The fourth-order valence-electron chi connectivity index (χ4n) is 1.75. The van der Waals surface area contributed by atoms with E-state index in [2.05, 4.69) is 19.9 Å². The third-order valence-corrected chi connectivity index (χ3v) is 2.90. The Hall–Kier alpha value is -1.40. The fourth-order valence-corrected chi connectivity index (χ4v) is 1.95. The van der Waals surface area contributed by atoms with Crippen molar-refractivity contribution >= 4 is 22.8 Å². The molecule has 0 bridgehead atoms. The molecule has 98 valence electrons.